The average Bonchev–Trinajstić information content (AvgIpc) is 3.39. The quantitative estimate of drug-likeness (QED) is 0.504. The zero-order chi connectivity index (χ0) is 25.8. The normalized spacial score (nSPS) is 23.2. The Morgan fingerprint density at radius 3 is 2.37 bits per heavy atom. The molecule has 1 aliphatic heterocycles. The number of hydrogen-bond donors (Lipinski definition) is 3. The van der Waals surface area contributed by atoms with Crippen LogP contribution in [-0.4, -0.2) is 49.9 Å². The number of nitrogens with one attached hydrogen (secondary N) is 2. The Bertz CT molecular complexity index is 1240. The highest BCUT2D eigenvalue weighted by molar-refractivity contribution is 7.91. The van der Waals surface area contributed by atoms with Crippen molar-refractivity contribution >= 4 is 15.8 Å². The van der Waals surface area contributed by atoms with Gasteiger partial charge in [0, 0.05) is 24.2 Å². The molecule has 6 nitrogen and oxygen atoms in total. The summed E-state index contributed by atoms with van der Waals surface area (Å²) in [6.07, 6.45) is -0.140. The maximum atomic E-state index is 15.4. The number of rotatable bonds is 6. The first-order valence-corrected chi connectivity index (χ1v) is 12.2. The van der Waals surface area contributed by atoms with E-state index < -0.39 is 56.5 Å². The summed E-state index contributed by atoms with van der Waals surface area (Å²) in [5.74, 6) is -3.50. The number of carbonyl (C=O) groups excluding carboxylic acids is 1. The summed E-state index contributed by atoms with van der Waals surface area (Å²) < 4.78 is 103. The molecule has 1 aliphatic carbocycles. The Morgan fingerprint density at radius 2 is 1.80 bits per heavy atom. The topological polar surface area (TPSA) is 93.5 Å². The van der Waals surface area contributed by atoms with Gasteiger partial charge in [-0.1, -0.05) is 18.2 Å². The molecule has 2 fully saturated rings. The minimum atomic E-state index is -5.38. The number of alkyl halides is 3. The van der Waals surface area contributed by atoms with E-state index in [1.165, 1.54) is 18.2 Å². The van der Waals surface area contributed by atoms with Crippen molar-refractivity contribution in [1.82, 2.24) is 9.62 Å². The van der Waals surface area contributed by atoms with E-state index in [0.29, 0.717) is 6.07 Å². The van der Waals surface area contributed by atoms with Gasteiger partial charge in [-0.05, 0) is 48.9 Å². The monoisotopic (exact) mass is 521 g/mol. The van der Waals surface area contributed by atoms with Crippen molar-refractivity contribution < 1.29 is 40.5 Å². The van der Waals surface area contributed by atoms with Crippen LogP contribution in [0.5, 0.6) is 0 Å². The van der Waals surface area contributed by atoms with Crippen LogP contribution in [0.3, 0.4) is 0 Å². The van der Waals surface area contributed by atoms with Gasteiger partial charge in [0.05, 0.1) is 6.04 Å². The van der Waals surface area contributed by atoms with E-state index >= 15 is 4.39 Å². The highest BCUT2D eigenvalue weighted by Gasteiger charge is 2.54. The SMILES string of the molecule is N=S(=O)(N[C@H]1CCN(C(=O)C2(O)CC2)[C@H]1Cc1cccc(-c2cc(F)cc(F)c2)c1F)C(F)(F)F. The molecule has 3 atom stereocenters. The standard InChI is InChI=1S/C22H21F6N3O3S/c23-14-8-13(9-15(24)11-14)16-3-1-2-12(19(16)25)10-18-17(30-35(29,34)22(26,27)28)4-7-31(18)20(32)21(33)5-6-21/h1-3,8-9,11,17-18,33H,4-7,10H2,(H2,29,30,34)/t17-,18-,35?/m0/s1. The fourth-order valence-electron chi connectivity index (χ4n) is 4.27. The number of carbonyl (C=O) groups is 1. The predicted molar refractivity (Wildman–Crippen MR) is 114 cm³/mol. The zero-order valence-electron chi connectivity index (χ0n) is 18.0. The lowest BCUT2D eigenvalue weighted by atomic mass is 9.95. The Labute approximate surface area is 197 Å². The van der Waals surface area contributed by atoms with Gasteiger partial charge in [-0.25, -0.2) is 26.9 Å². The molecule has 13 heteroatoms. The largest absolute Gasteiger partial charge is 0.492 e. The van der Waals surface area contributed by atoms with E-state index in [9.17, 15) is 36.1 Å². The number of hydrogen-bond acceptors (Lipinski definition) is 4. The second-order valence-corrected chi connectivity index (χ2v) is 10.6. The van der Waals surface area contributed by atoms with Crippen LogP contribution in [-0.2, 0) is 21.1 Å². The summed E-state index contributed by atoms with van der Waals surface area (Å²) in [5, 5.41) is 10.3. The molecular weight excluding hydrogens is 500 g/mol. The molecular formula is C22H21F6N3O3S. The third-order valence-corrected chi connectivity index (χ3v) is 7.54. The van der Waals surface area contributed by atoms with Crippen molar-refractivity contribution in [3.63, 3.8) is 0 Å². The number of amides is 1. The van der Waals surface area contributed by atoms with Gasteiger partial charge in [-0.15, -0.1) is 0 Å². The number of aliphatic hydroxyl groups is 1. The van der Waals surface area contributed by atoms with Gasteiger partial charge in [0.15, 0.2) is 0 Å². The zero-order valence-corrected chi connectivity index (χ0v) is 18.9. The molecule has 1 amide bonds. The fraction of sp³-hybridized carbons (Fsp3) is 0.409. The number of benzene rings is 2. The Balaban J connectivity index is 1.69. The molecule has 0 spiro atoms. The molecule has 0 aromatic heterocycles. The van der Waals surface area contributed by atoms with E-state index in [4.69, 9.17) is 4.78 Å². The number of nitrogens with zero attached hydrogens (tertiary/aromatic N) is 1. The summed E-state index contributed by atoms with van der Waals surface area (Å²) in [6, 6.07) is 3.96. The van der Waals surface area contributed by atoms with Gasteiger partial charge in [-0.3, -0.25) is 4.79 Å². The molecule has 1 saturated heterocycles. The van der Waals surface area contributed by atoms with Gasteiger partial charge in [0.2, 0.25) is 9.92 Å². The molecule has 2 aromatic carbocycles. The molecule has 190 valence electrons. The number of halogens is 6. The van der Waals surface area contributed by atoms with Crippen molar-refractivity contribution in [3.05, 3.63) is 59.4 Å². The second-order valence-electron chi connectivity index (χ2n) is 8.75. The third-order valence-electron chi connectivity index (χ3n) is 6.25. The summed E-state index contributed by atoms with van der Waals surface area (Å²) in [6.45, 7) is -0.104. The third kappa shape index (κ3) is 5.02. The van der Waals surface area contributed by atoms with E-state index in [2.05, 4.69) is 0 Å². The minimum Gasteiger partial charge on any atom is -0.380 e. The molecule has 0 radical (unpaired) electrons. The highest BCUT2D eigenvalue weighted by Crippen LogP contribution is 2.40. The molecule has 3 N–H and O–H groups in total. The van der Waals surface area contributed by atoms with Crippen LogP contribution < -0.4 is 4.72 Å². The van der Waals surface area contributed by atoms with Gasteiger partial charge in [0.1, 0.15) is 23.1 Å². The van der Waals surface area contributed by atoms with Gasteiger partial charge in [0.25, 0.3) is 5.91 Å². The average molecular weight is 521 g/mol. The van der Waals surface area contributed by atoms with Crippen molar-refractivity contribution in [2.24, 2.45) is 0 Å². The van der Waals surface area contributed by atoms with Crippen LogP contribution in [0, 0.1) is 22.2 Å². The van der Waals surface area contributed by atoms with Crippen molar-refractivity contribution in [1.29, 1.82) is 4.78 Å². The lowest BCUT2D eigenvalue weighted by Gasteiger charge is -2.31. The molecule has 4 rings (SSSR count). The Hall–Kier alpha value is -2.64. The van der Waals surface area contributed by atoms with Crippen LogP contribution in [0.1, 0.15) is 24.8 Å². The van der Waals surface area contributed by atoms with Crippen LogP contribution in [0.2, 0.25) is 0 Å². The number of likely N-dealkylation sites (tertiary alicyclic amines) is 1. The van der Waals surface area contributed by atoms with Crippen molar-refractivity contribution in [2.75, 3.05) is 6.54 Å². The molecule has 2 aliphatic rings. The lowest BCUT2D eigenvalue weighted by Crippen LogP contribution is -2.52. The Kier molecular flexibility index (Phi) is 6.39. The van der Waals surface area contributed by atoms with Crippen LogP contribution >= 0.6 is 0 Å². The molecule has 1 saturated carbocycles. The summed E-state index contributed by atoms with van der Waals surface area (Å²) in [4.78, 5) is 13.9. The van der Waals surface area contributed by atoms with Crippen LogP contribution in [0.25, 0.3) is 11.1 Å². The van der Waals surface area contributed by atoms with Crippen LogP contribution in [0.15, 0.2) is 36.4 Å². The summed E-state index contributed by atoms with van der Waals surface area (Å²) in [5.41, 5.74) is -7.37. The van der Waals surface area contributed by atoms with Crippen molar-refractivity contribution in [3.8, 4) is 11.1 Å². The molecule has 2 aromatic rings. The summed E-state index contributed by atoms with van der Waals surface area (Å²) in [7, 11) is -5.27. The highest BCUT2D eigenvalue weighted by atomic mass is 32.2. The van der Waals surface area contributed by atoms with Gasteiger partial charge >= 0.3 is 5.51 Å². The second kappa shape index (κ2) is 8.79. The first-order chi connectivity index (χ1) is 16.2. The molecule has 1 unspecified atom stereocenters. The fourth-order valence-corrected chi connectivity index (χ4v) is 5.11. The van der Waals surface area contributed by atoms with Crippen molar-refractivity contribution in [2.45, 2.75) is 48.9 Å². The minimum absolute atomic E-state index is 0.0741. The first kappa shape index (κ1) is 25.5. The molecule has 0 bridgehead atoms. The maximum absolute atomic E-state index is 15.4. The molecule has 35 heavy (non-hydrogen) atoms. The van der Waals surface area contributed by atoms with E-state index in [1.54, 1.807) is 4.72 Å². The van der Waals surface area contributed by atoms with E-state index in [-0.39, 0.29) is 48.9 Å². The maximum Gasteiger partial charge on any atom is 0.492 e. The smallest absolute Gasteiger partial charge is 0.380 e. The van der Waals surface area contributed by atoms with E-state index in [1.807, 2.05) is 0 Å². The van der Waals surface area contributed by atoms with Crippen LogP contribution in [0.4, 0.5) is 26.3 Å². The van der Waals surface area contributed by atoms with Gasteiger partial charge in [-0.2, -0.15) is 13.2 Å². The van der Waals surface area contributed by atoms with Gasteiger partial charge < -0.3 is 10.0 Å². The lowest BCUT2D eigenvalue weighted by molar-refractivity contribution is -0.143. The van der Waals surface area contributed by atoms with E-state index in [0.717, 1.165) is 17.0 Å². The predicted octanol–water partition coefficient (Wildman–Crippen LogP) is 3.88. The summed E-state index contributed by atoms with van der Waals surface area (Å²) >= 11 is 0. The Morgan fingerprint density at radius 1 is 1.17 bits per heavy atom. The molecule has 1 heterocycles. The first-order valence-electron chi connectivity index (χ1n) is 10.6.